The third-order valence-corrected chi connectivity index (χ3v) is 6.93. The molecule has 2 fully saturated rings. The van der Waals surface area contributed by atoms with Gasteiger partial charge in [0.25, 0.3) is 0 Å². The summed E-state index contributed by atoms with van der Waals surface area (Å²) in [7, 11) is 0. The van der Waals surface area contributed by atoms with Crippen LogP contribution >= 0.6 is 23.4 Å². The van der Waals surface area contributed by atoms with E-state index in [-0.39, 0.29) is 41.6 Å². The quantitative estimate of drug-likeness (QED) is 0.543. The molecule has 2 aromatic rings. The number of anilines is 1. The van der Waals surface area contributed by atoms with Crippen LogP contribution < -0.4 is 10.1 Å². The first kappa shape index (κ1) is 25.1. The number of nitrogens with one attached hydrogen (secondary N) is 1. The van der Waals surface area contributed by atoms with Gasteiger partial charge in [0, 0.05) is 25.3 Å². The van der Waals surface area contributed by atoms with Crippen LogP contribution in [-0.4, -0.2) is 82.6 Å². The highest BCUT2D eigenvalue weighted by Gasteiger charge is 2.38. The zero-order valence-electron chi connectivity index (χ0n) is 19.1. The van der Waals surface area contributed by atoms with E-state index in [0.29, 0.717) is 49.9 Å². The maximum atomic E-state index is 12.6. The van der Waals surface area contributed by atoms with Gasteiger partial charge in [0.1, 0.15) is 18.2 Å². The highest BCUT2D eigenvalue weighted by Crippen LogP contribution is 2.24. The Hall–Kier alpha value is -2.98. The number of amides is 3. The number of cyclic esters (lactones) is 1. The summed E-state index contributed by atoms with van der Waals surface area (Å²) in [5.74, 6) is 1.29. The predicted octanol–water partition coefficient (Wildman–Crippen LogP) is 3.30. The lowest BCUT2D eigenvalue weighted by Crippen LogP contribution is -2.47. The van der Waals surface area contributed by atoms with E-state index in [9.17, 15) is 14.4 Å². The molecule has 1 aromatic carbocycles. The van der Waals surface area contributed by atoms with E-state index < -0.39 is 0 Å². The van der Waals surface area contributed by atoms with E-state index in [0.717, 1.165) is 5.75 Å². The Labute approximate surface area is 213 Å². The molecule has 3 heterocycles. The number of thioether (sulfide) groups is 1. The van der Waals surface area contributed by atoms with E-state index in [1.807, 2.05) is 30.3 Å². The number of hydrogen-bond acceptors (Lipinski definition) is 7. The fourth-order valence-corrected chi connectivity index (χ4v) is 4.84. The van der Waals surface area contributed by atoms with E-state index in [4.69, 9.17) is 21.1 Å². The van der Waals surface area contributed by atoms with Crippen LogP contribution in [0.4, 0.5) is 10.6 Å². The summed E-state index contributed by atoms with van der Waals surface area (Å²) < 4.78 is 11.2. The van der Waals surface area contributed by atoms with Crippen molar-refractivity contribution in [2.75, 3.05) is 43.1 Å². The third kappa shape index (κ3) is 7.25. The molecule has 186 valence electrons. The van der Waals surface area contributed by atoms with Crippen LogP contribution in [0, 0.1) is 0 Å². The molecule has 11 heteroatoms. The zero-order chi connectivity index (χ0) is 24.6. The van der Waals surface area contributed by atoms with Gasteiger partial charge in [-0.3, -0.25) is 9.59 Å². The van der Waals surface area contributed by atoms with E-state index in [1.54, 1.807) is 21.9 Å². The fraction of sp³-hybridized carbons (Fsp3) is 0.417. The number of aromatic nitrogens is 1. The largest absolute Gasteiger partial charge is 0.490 e. The Kier molecular flexibility index (Phi) is 8.70. The Morgan fingerprint density at radius 2 is 1.91 bits per heavy atom. The zero-order valence-corrected chi connectivity index (χ0v) is 20.7. The number of benzene rings is 1. The van der Waals surface area contributed by atoms with Crippen molar-refractivity contribution in [1.29, 1.82) is 0 Å². The van der Waals surface area contributed by atoms with Gasteiger partial charge in [-0.2, -0.15) is 0 Å². The van der Waals surface area contributed by atoms with Gasteiger partial charge in [-0.1, -0.05) is 29.8 Å². The summed E-state index contributed by atoms with van der Waals surface area (Å²) in [5.41, 5.74) is 0. The lowest BCUT2D eigenvalue weighted by Gasteiger charge is -2.35. The van der Waals surface area contributed by atoms with Gasteiger partial charge in [0.05, 0.1) is 23.1 Å². The number of ether oxygens (including phenoxy) is 2. The van der Waals surface area contributed by atoms with Gasteiger partial charge < -0.3 is 24.6 Å². The Morgan fingerprint density at radius 3 is 2.63 bits per heavy atom. The molecule has 1 atom stereocenters. The summed E-state index contributed by atoms with van der Waals surface area (Å²) in [6.07, 6.45) is 2.21. The first-order valence-corrected chi connectivity index (χ1v) is 12.9. The second kappa shape index (κ2) is 12.1. The van der Waals surface area contributed by atoms with Crippen LogP contribution in [0.25, 0.3) is 0 Å². The second-order valence-corrected chi connectivity index (χ2v) is 9.72. The maximum absolute atomic E-state index is 12.6. The number of nitrogens with zero attached hydrogens (tertiary/aromatic N) is 3. The standard InChI is InChI=1S/C24H27ClN4O5S/c25-17-6-7-21(26-12-17)27-22(30)15-35-16-23(31)28-10-8-18(9-11-28)29-13-20(34-24(29)32)14-33-19-4-2-1-3-5-19/h1-7,12,18,20H,8-11,13-16H2,(H,26,27,30). The van der Waals surface area contributed by atoms with Gasteiger partial charge >= 0.3 is 6.09 Å². The minimum atomic E-state index is -0.326. The molecule has 0 bridgehead atoms. The fourth-order valence-electron chi connectivity index (χ4n) is 4.01. The SMILES string of the molecule is O=C(CSCC(=O)N1CCC(N2CC(COc3ccccc3)OC2=O)CC1)Nc1ccc(Cl)cn1. The number of para-hydroxylation sites is 1. The highest BCUT2D eigenvalue weighted by atomic mass is 35.5. The minimum absolute atomic E-state index is 0.0102. The van der Waals surface area contributed by atoms with Crippen molar-refractivity contribution in [3.8, 4) is 5.75 Å². The third-order valence-electron chi connectivity index (χ3n) is 5.79. The molecular formula is C24H27ClN4O5S. The monoisotopic (exact) mass is 518 g/mol. The summed E-state index contributed by atoms with van der Waals surface area (Å²) in [4.78, 5) is 44.5. The normalized spacial score (nSPS) is 18.3. The molecule has 35 heavy (non-hydrogen) atoms. The first-order chi connectivity index (χ1) is 17.0. The van der Waals surface area contributed by atoms with E-state index >= 15 is 0 Å². The molecule has 0 aliphatic carbocycles. The molecule has 0 saturated carbocycles. The average Bonchev–Trinajstić information content (AvgIpc) is 3.25. The maximum Gasteiger partial charge on any atom is 0.410 e. The summed E-state index contributed by atoms with van der Waals surface area (Å²) >= 11 is 7.04. The van der Waals surface area contributed by atoms with Crippen LogP contribution in [0.5, 0.6) is 5.75 Å². The molecule has 9 nitrogen and oxygen atoms in total. The van der Waals surface area contributed by atoms with Crippen LogP contribution in [-0.2, 0) is 14.3 Å². The number of likely N-dealkylation sites (tertiary alicyclic amines) is 1. The van der Waals surface area contributed by atoms with Gasteiger partial charge in [-0.15, -0.1) is 11.8 Å². The summed E-state index contributed by atoms with van der Waals surface area (Å²) in [6, 6.07) is 12.7. The van der Waals surface area contributed by atoms with Gasteiger partial charge in [0.2, 0.25) is 11.8 Å². The number of hydrogen-bond donors (Lipinski definition) is 1. The molecule has 0 spiro atoms. The van der Waals surface area contributed by atoms with Crippen molar-refractivity contribution < 1.29 is 23.9 Å². The second-order valence-electron chi connectivity index (χ2n) is 8.30. The van der Waals surface area contributed by atoms with E-state index in [1.165, 1.54) is 18.0 Å². The van der Waals surface area contributed by atoms with Crippen molar-refractivity contribution >= 4 is 47.1 Å². The van der Waals surface area contributed by atoms with Crippen molar-refractivity contribution in [1.82, 2.24) is 14.8 Å². The predicted molar refractivity (Wildman–Crippen MR) is 134 cm³/mol. The minimum Gasteiger partial charge on any atom is -0.490 e. The summed E-state index contributed by atoms with van der Waals surface area (Å²) in [5, 5.41) is 3.16. The molecule has 3 amide bonds. The summed E-state index contributed by atoms with van der Waals surface area (Å²) in [6.45, 7) is 1.93. The molecule has 2 aliphatic heterocycles. The van der Waals surface area contributed by atoms with Crippen molar-refractivity contribution in [3.05, 3.63) is 53.7 Å². The Balaban J connectivity index is 1.14. The van der Waals surface area contributed by atoms with Gasteiger partial charge in [-0.25, -0.2) is 9.78 Å². The van der Waals surface area contributed by atoms with Crippen LogP contribution in [0.15, 0.2) is 48.7 Å². The van der Waals surface area contributed by atoms with Crippen molar-refractivity contribution in [3.63, 3.8) is 0 Å². The molecule has 1 aromatic heterocycles. The smallest absolute Gasteiger partial charge is 0.410 e. The molecular weight excluding hydrogens is 492 g/mol. The number of rotatable bonds is 9. The van der Waals surface area contributed by atoms with Crippen molar-refractivity contribution in [2.24, 2.45) is 0 Å². The molecule has 2 aliphatic rings. The van der Waals surface area contributed by atoms with Crippen LogP contribution in [0.2, 0.25) is 5.02 Å². The first-order valence-electron chi connectivity index (χ1n) is 11.4. The number of pyridine rings is 1. The topological polar surface area (TPSA) is 101 Å². The molecule has 1 unspecified atom stereocenters. The molecule has 2 saturated heterocycles. The Bertz CT molecular complexity index is 1020. The average molecular weight is 519 g/mol. The van der Waals surface area contributed by atoms with Crippen molar-refractivity contribution in [2.45, 2.75) is 25.0 Å². The van der Waals surface area contributed by atoms with Crippen LogP contribution in [0.3, 0.4) is 0 Å². The van der Waals surface area contributed by atoms with Crippen LogP contribution in [0.1, 0.15) is 12.8 Å². The number of carbonyl (C=O) groups excluding carboxylic acids is 3. The van der Waals surface area contributed by atoms with Gasteiger partial charge in [-0.05, 0) is 37.1 Å². The lowest BCUT2D eigenvalue weighted by atomic mass is 10.0. The van der Waals surface area contributed by atoms with E-state index in [2.05, 4.69) is 10.3 Å². The molecule has 1 N–H and O–H groups in total. The molecule has 4 rings (SSSR count). The number of carbonyl (C=O) groups is 3. The lowest BCUT2D eigenvalue weighted by molar-refractivity contribution is -0.129. The number of piperidine rings is 1. The highest BCUT2D eigenvalue weighted by molar-refractivity contribution is 8.00. The van der Waals surface area contributed by atoms with Gasteiger partial charge in [0.15, 0.2) is 6.10 Å². The Morgan fingerprint density at radius 1 is 1.14 bits per heavy atom. The number of halogens is 1. The molecule has 0 radical (unpaired) electrons.